The van der Waals surface area contributed by atoms with E-state index in [1.807, 2.05) is 30.5 Å². The molecule has 3 nitrogen and oxygen atoms in total. The molecule has 0 saturated heterocycles. The van der Waals surface area contributed by atoms with E-state index in [0.29, 0.717) is 12.6 Å². The Balaban J connectivity index is 2.38. The largest absolute Gasteiger partial charge is 0.387 e. The first-order valence-electron chi connectivity index (χ1n) is 6.97. The summed E-state index contributed by atoms with van der Waals surface area (Å²) in [6.45, 7) is 4.99. The Morgan fingerprint density at radius 2 is 1.95 bits per heavy atom. The van der Waals surface area contributed by atoms with Crippen LogP contribution in [0.1, 0.15) is 44.8 Å². The molecule has 0 aliphatic heterocycles. The predicted octanol–water partition coefficient (Wildman–Crippen LogP) is 3.58. The number of nitrogens with one attached hydrogen (secondary N) is 2. The van der Waals surface area contributed by atoms with Crippen molar-refractivity contribution in [1.82, 2.24) is 5.32 Å². The van der Waals surface area contributed by atoms with E-state index in [1.165, 1.54) is 19.3 Å². The molecule has 0 heterocycles. The molecule has 1 rings (SSSR count). The molecule has 0 radical (unpaired) electrons. The molecule has 0 aliphatic carbocycles. The lowest BCUT2D eigenvalue weighted by Gasteiger charge is -2.17. The zero-order valence-electron chi connectivity index (χ0n) is 12.1. The first kappa shape index (κ1) is 16.3. The van der Waals surface area contributed by atoms with Crippen LogP contribution in [-0.4, -0.2) is 23.9 Å². The van der Waals surface area contributed by atoms with Crippen molar-refractivity contribution < 1.29 is 5.11 Å². The number of hydrogen-bond donors (Lipinski definition) is 3. The summed E-state index contributed by atoms with van der Waals surface area (Å²) in [6.07, 6.45) is 5.18. The van der Waals surface area contributed by atoms with Crippen LogP contribution in [-0.2, 0) is 0 Å². The van der Waals surface area contributed by atoms with Crippen molar-refractivity contribution in [3.8, 4) is 0 Å². The van der Waals surface area contributed by atoms with Crippen LogP contribution >= 0.6 is 11.9 Å². The second-order valence-electron chi connectivity index (χ2n) is 4.90. The number of benzene rings is 1. The Morgan fingerprint density at radius 3 is 2.53 bits per heavy atom. The molecule has 2 atom stereocenters. The Kier molecular flexibility index (Phi) is 7.94. The van der Waals surface area contributed by atoms with E-state index in [-0.39, 0.29) is 0 Å². The summed E-state index contributed by atoms with van der Waals surface area (Å²) in [5.74, 6) is 0. The van der Waals surface area contributed by atoms with Gasteiger partial charge < -0.3 is 15.1 Å². The molecule has 0 amide bonds. The predicted molar refractivity (Wildman–Crippen MR) is 85.5 cm³/mol. The van der Waals surface area contributed by atoms with E-state index in [0.717, 1.165) is 11.3 Å². The van der Waals surface area contributed by atoms with E-state index < -0.39 is 6.10 Å². The molecule has 0 saturated carbocycles. The van der Waals surface area contributed by atoms with Gasteiger partial charge in [0, 0.05) is 24.5 Å². The van der Waals surface area contributed by atoms with Gasteiger partial charge in [-0.25, -0.2) is 0 Å². The summed E-state index contributed by atoms with van der Waals surface area (Å²) in [4.78, 5) is 0. The fourth-order valence-electron chi connectivity index (χ4n) is 1.93. The third kappa shape index (κ3) is 6.32. The smallest absolute Gasteiger partial charge is 0.0914 e. The van der Waals surface area contributed by atoms with Gasteiger partial charge in [0.25, 0.3) is 0 Å². The Labute approximate surface area is 121 Å². The zero-order chi connectivity index (χ0) is 14.1. The van der Waals surface area contributed by atoms with E-state index in [1.54, 1.807) is 11.9 Å². The SMILES string of the molecule is CCCCC(C)NCC(O)c1ccc(NSC)cc1. The van der Waals surface area contributed by atoms with Gasteiger partial charge in [0.1, 0.15) is 0 Å². The van der Waals surface area contributed by atoms with Crippen molar-refractivity contribution in [2.45, 2.75) is 45.3 Å². The second-order valence-corrected chi connectivity index (χ2v) is 5.51. The van der Waals surface area contributed by atoms with E-state index in [2.05, 4.69) is 23.9 Å². The highest BCUT2D eigenvalue weighted by Crippen LogP contribution is 2.17. The number of anilines is 1. The molecular formula is C15H26N2OS. The normalized spacial score (nSPS) is 14.1. The van der Waals surface area contributed by atoms with Crippen LogP contribution in [0.25, 0.3) is 0 Å². The third-order valence-corrected chi connectivity index (χ3v) is 3.61. The summed E-state index contributed by atoms with van der Waals surface area (Å²) in [5, 5.41) is 13.5. The Hall–Kier alpha value is -0.710. The van der Waals surface area contributed by atoms with Gasteiger partial charge in [-0.1, -0.05) is 43.8 Å². The molecule has 108 valence electrons. The van der Waals surface area contributed by atoms with Crippen molar-refractivity contribution in [1.29, 1.82) is 0 Å². The van der Waals surface area contributed by atoms with Gasteiger partial charge in [-0.05, 0) is 31.0 Å². The summed E-state index contributed by atoms with van der Waals surface area (Å²) in [6, 6.07) is 8.40. The molecular weight excluding hydrogens is 256 g/mol. The molecule has 0 spiro atoms. The van der Waals surface area contributed by atoms with E-state index >= 15 is 0 Å². The molecule has 3 N–H and O–H groups in total. The summed E-state index contributed by atoms with van der Waals surface area (Å²) in [5.41, 5.74) is 2.02. The van der Waals surface area contributed by atoms with Gasteiger partial charge in [0.15, 0.2) is 0 Å². The van der Waals surface area contributed by atoms with Crippen molar-refractivity contribution >= 4 is 17.6 Å². The van der Waals surface area contributed by atoms with E-state index in [4.69, 9.17) is 0 Å². The maximum atomic E-state index is 10.1. The summed E-state index contributed by atoms with van der Waals surface area (Å²) < 4.78 is 3.17. The molecule has 1 aromatic carbocycles. The number of hydrogen-bond acceptors (Lipinski definition) is 4. The minimum Gasteiger partial charge on any atom is -0.387 e. The highest BCUT2D eigenvalue weighted by Gasteiger charge is 2.09. The van der Waals surface area contributed by atoms with Crippen LogP contribution in [0, 0.1) is 0 Å². The molecule has 2 unspecified atom stereocenters. The number of rotatable bonds is 9. The van der Waals surface area contributed by atoms with Gasteiger partial charge in [-0.3, -0.25) is 0 Å². The van der Waals surface area contributed by atoms with Gasteiger partial charge in [0.05, 0.1) is 6.10 Å². The molecule has 0 aliphatic rings. The molecule has 4 heteroatoms. The van der Waals surface area contributed by atoms with Crippen LogP contribution in [0.5, 0.6) is 0 Å². The topological polar surface area (TPSA) is 44.3 Å². The summed E-state index contributed by atoms with van der Waals surface area (Å²) >= 11 is 1.57. The number of aliphatic hydroxyl groups is 1. The van der Waals surface area contributed by atoms with Gasteiger partial charge in [0.2, 0.25) is 0 Å². The van der Waals surface area contributed by atoms with Crippen molar-refractivity contribution in [3.05, 3.63) is 29.8 Å². The van der Waals surface area contributed by atoms with Crippen LogP contribution in [0.3, 0.4) is 0 Å². The zero-order valence-corrected chi connectivity index (χ0v) is 13.0. The lowest BCUT2D eigenvalue weighted by atomic mass is 10.1. The van der Waals surface area contributed by atoms with Gasteiger partial charge in [-0.15, -0.1) is 0 Å². The minimum atomic E-state index is -0.438. The Morgan fingerprint density at radius 1 is 1.26 bits per heavy atom. The Bertz CT molecular complexity index is 343. The van der Waals surface area contributed by atoms with Crippen LogP contribution in [0.2, 0.25) is 0 Å². The highest BCUT2D eigenvalue weighted by molar-refractivity contribution is 7.99. The fourth-order valence-corrected chi connectivity index (χ4v) is 2.31. The fraction of sp³-hybridized carbons (Fsp3) is 0.600. The average molecular weight is 282 g/mol. The van der Waals surface area contributed by atoms with Crippen LogP contribution < -0.4 is 10.0 Å². The van der Waals surface area contributed by atoms with Crippen molar-refractivity contribution in [2.75, 3.05) is 17.5 Å². The van der Waals surface area contributed by atoms with Crippen LogP contribution in [0.15, 0.2) is 24.3 Å². The second kappa shape index (κ2) is 9.23. The maximum Gasteiger partial charge on any atom is 0.0914 e. The highest BCUT2D eigenvalue weighted by atomic mass is 32.2. The van der Waals surface area contributed by atoms with Crippen molar-refractivity contribution in [3.63, 3.8) is 0 Å². The molecule has 0 bridgehead atoms. The molecule has 0 fully saturated rings. The maximum absolute atomic E-state index is 10.1. The lowest BCUT2D eigenvalue weighted by molar-refractivity contribution is 0.170. The van der Waals surface area contributed by atoms with Gasteiger partial charge >= 0.3 is 0 Å². The summed E-state index contributed by atoms with van der Waals surface area (Å²) in [7, 11) is 0. The van der Waals surface area contributed by atoms with Gasteiger partial charge in [-0.2, -0.15) is 0 Å². The lowest BCUT2D eigenvalue weighted by Crippen LogP contribution is -2.30. The van der Waals surface area contributed by atoms with E-state index in [9.17, 15) is 5.11 Å². The molecule has 1 aromatic rings. The molecule has 0 aromatic heterocycles. The number of aliphatic hydroxyl groups excluding tert-OH is 1. The third-order valence-electron chi connectivity index (χ3n) is 3.17. The van der Waals surface area contributed by atoms with Crippen molar-refractivity contribution in [2.24, 2.45) is 0 Å². The quantitative estimate of drug-likeness (QED) is 0.606. The number of unbranched alkanes of at least 4 members (excludes halogenated alkanes) is 1. The standard InChI is InChI=1S/C15H26N2OS/c1-4-5-6-12(2)16-11-15(18)13-7-9-14(10-8-13)17-19-3/h7-10,12,15-18H,4-6,11H2,1-3H3. The minimum absolute atomic E-state index is 0.438. The monoisotopic (exact) mass is 282 g/mol. The first-order valence-corrected chi connectivity index (χ1v) is 8.20. The molecule has 19 heavy (non-hydrogen) atoms. The average Bonchev–Trinajstić information content (AvgIpc) is 2.43. The first-order chi connectivity index (χ1) is 9.17. The van der Waals surface area contributed by atoms with Crippen LogP contribution in [0.4, 0.5) is 5.69 Å².